The molecule has 2 aromatic carbocycles. The summed E-state index contributed by atoms with van der Waals surface area (Å²) in [5.74, 6) is -1.58. The van der Waals surface area contributed by atoms with E-state index < -0.39 is 17.7 Å². The first kappa shape index (κ1) is 20.0. The Hall–Kier alpha value is -3.25. The highest BCUT2D eigenvalue weighted by Crippen LogP contribution is 2.42. The standard InChI is InChI=1S/C24H19BrN2O3/c1-14-3-8-19(13-15(14)2)27-21(16-9-11-26-12-10-16)20(23(29)24(27)30)22(28)17-4-6-18(25)7-5-17/h3-13,21,28H,1-2H3/b22-20+. The summed E-state index contributed by atoms with van der Waals surface area (Å²) in [5.41, 5.74) is 3.93. The summed E-state index contributed by atoms with van der Waals surface area (Å²) < 4.78 is 0.848. The van der Waals surface area contributed by atoms with Crippen LogP contribution in [-0.2, 0) is 9.59 Å². The molecule has 1 aliphatic rings. The number of ketones is 1. The third-order valence-electron chi connectivity index (χ3n) is 5.35. The van der Waals surface area contributed by atoms with Gasteiger partial charge in [0.15, 0.2) is 0 Å². The quantitative estimate of drug-likeness (QED) is 0.334. The Morgan fingerprint density at radius 1 is 0.967 bits per heavy atom. The van der Waals surface area contributed by atoms with Crippen LogP contribution in [0.5, 0.6) is 0 Å². The number of aliphatic hydroxyl groups is 1. The number of aryl methyl sites for hydroxylation is 2. The number of carbonyl (C=O) groups is 2. The number of Topliss-reactive ketones (excluding diaryl/α,β-unsaturated/α-hetero) is 1. The second-order valence-corrected chi connectivity index (χ2v) is 8.14. The first-order valence-corrected chi connectivity index (χ1v) is 10.2. The van der Waals surface area contributed by atoms with Crippen LogP contribution in [0.4, 0.5) is 5.69 Å². The van der Waals surface area contributed by atoms with Crippen molar-refractivity contribution in [1.29, 1.82) is 0 Å². The number of hydrogen-bond donors (Lipinski definition) is 1. The van der Waals surface area contributed by atoms with Gasteiger partial charge in [-0.25, -0.2) is 0 Å². The molecule has 1 N–H and O–H groups in total. The van der Waals surface area contributed by atoms with Gasteiger partial charge in [0.2, 0.25) is 0 Å². The average molecular weight is 463 g/mol. The molecular formula is C24H19BrN2O3. The summed E-state index contributed by atoms with van der Waals surface area (Å²) in [6, 6.07) is 15.3. The van der Waals surface area contributed by atoms with Crippen LogP contribution >= 0.6 is 15.9 Å². The highest BCUT2D eigenvalue weighted by Gasteiger charge is 2.47. The number of rotatable bonds is 3. The fourth-order valence-corrected chi connectivity index (χ4v) is 3.86. The van der Waals surface area contributed by atoms with Gasteiger partial charge in [-0.05, 0) is 66.9 Å². The molecule has 0 radical (unpaired) electrons. The SMILES string of the molecule is Cc1ccc(N2C(=O)C(=O)/C(=C(/O)c3ccc(Br)cc3)C2c2ccncc2)cc1C. The monoisotopic (exact) mass is 462 g/mol. The molecule has 2 heterocycles. The maximum absolute atomic E-state index is 13.1. The molecule has 0 bridgehead atoms. The highest BCUT2D eigenvalue weighted by molar-refractivity contribution is 9.10. The lowest BCUT2D eigenvalue weighted by Crippen LogP contribution is -2.29. The van der Waals surface area contributed by atoms with E-state index in [0.717, 1.165) is 15.6 Å². The molecular weight excluding hydrogens is 444 g/mol. The molecule has 6 heteroatoms. The van der Waals surface area contributed by atoms with Crippen molar-refractivity contribution in [3.05, 3.63) is 99.3 Å². The Labute approximate surface area is 182 Å². The highest BCUT2D eigenvalue weighted by atomic mass is 79.9. The molecule has 0 aliphatic carbocycles. The number of pyridine rings is 1. The Bertz CT molecular complexity index is 1170. The molecule has 1 atom stereocenters. The lowest BCUT2D eigenvalue weighted by atomic mass is 9.95. The molecule has 0 spiro atoms. The van der Waals surface area contributed by atoms with Crippen LogP contribution in [0.25, 0.3) is 5.76 Å². The van der Waals surface area contributed by atoms with Crippen LogP contribution in [0.15, 0.2) is 77.0 Å². The van der Waals surface area contributed by atoms with E-state index in [9.17, 15) is 14.7 Å². The van der Waals surface area contributed by atoms with Gasteiger partial charge < -0.3 is 5.11 Å². The number of aliphatic hydroxyl groups excluding tert-OH is 1. The van der Waals surface area contributed by atoms with E-state index in [4.69, 9.17) is 0 Å². The predicted octanol–water partition coefficient (Wildman–Crippen LogP) is 5.09. The minimum Gasteiger partial charge on any atom is -0.507 e. The minimum absolute atomic E-state index is 0.0618. The molecule has 4 rings (SSSR count). The lowest BCUT2D eigenvalue weighted by Gasteiger charge is -2.26. The zero-order chi connectivity index (χ0) is 21.4. The van der Waals surface area contributed by atoms with Crippen molar-refractivity contribution in [3.8, 4) is 0 Å². The summed E-state index contributed by atoms with van der Waals surface area (Å²) in [6.45, 7) is 3.94. The smallest absolute Gasteiger partial charge is 0.300 e. The van der Waals surface area contributed by atoms with Gasteiger partial charge in [-0.15, -0.1) is 0 Å². The van der Waals surface area contributed by atoms with Crippen molar-refractivity contribution in [2.75, 3.05) is 4.90 Å². The topological polar surface area (TPSA) is 70.5 Å². The number of anilines is 1. The van der Waals surface area contributed by atoms with Gasteiger partial charge in [0.1, 0.15) is 5.76 Å². The molecule has 3 aromatic rings. The summed E-state index contributed by atoms with van der Waals surface area (Å²) in [7, 11) is 0. The van der Waals surface area contributed by atoms with E-state index in [-0.39, 0.29) is 11.3 Å². The molecule has 150 valence electrons. The fraction of sp³-hybridized carbons (Fsp3) is 0.125. The van der Waals surface area contributed by atoms with Crippen LogP contribution < -0.4 is 4.90 Å². The minimum atomic E-state index is -0.751. The molecule has 1 saturated heterocycles. The van der Waals surface area contributed by atoms with Crippen molar-refractivity contribution in [2.45, 2.75) is 19.9 Å². The fourth-order valence-electron chi connectivity index (χ4n) is 3.60. The van der Waals surface area contributed by atoms with Crippen LogP contribution in [0.3, 0.4) is 0 Å². The number of halogens is 1. The molecule has 30 heavy (non-hydrogen) atoms. The zero-order valence-electron chi connectivity index (χ0n) is 16.5. The molecule has 0 saturated carbocycles. The van der Waals surface area contributed by atoms with Gasteiger partial charge in [0, 0.05) is 28.1 Å². The van der Waals surface area contributed by atoms with Crippen molar-refractivity contribution in [3.63, 3.8) is 0 Å². The van der Waals surface area contributed by atoms with Gasteiger partial charge in [0.25, 0.3) is 11.7 Å². The largest absolute Gasteiger partial charge is 0.507 e. The number of amides is 1. The molecule has 1 unspecified atom stereocenters. The lowest BCUT2D eigenvalue weighted by molar-refractivity contribution is -0.132. The van der Waals surface area contributed by atoms with Crippen molar-refractivity contribution >= 4 is 39.1 Å². The van der Waals surface area contributed by atoms with Gasteiger partial charge in [-0.3, -0.25) is 19.5 Å². The van der Waals surface area contributed by atoms with Crippen LogP contribution in [-0.4, -0.2) is 21.8 Å². The van der Waals surface area contributed by atoms with Gasteiger partial charge in [-0.2, -0.15) is 0 Å². The molecule has 1 aliphatic heterocycles. The molecule has 1 fully saturated rings. The van der Waals surface area contributed by atoms with Crippen LogP contribution in [0.1, 0.15) is 28.3 Å². The van der Waals surface area contributed by atoms with Gasteiger partial charge in [-0.1, -0.05) is 34.1 Å². The van der Waals surface area contributed by atoms with Crippen LogP contribution in [0.2, 0.25) is 0 Å². The predicted molar refractivity (Wildman–Crippen MR) is 119 cm³/mol. The van der Waals surface area contributed by atoms with E-state index in [1.54, 1.807) is 48.8 Å². The first-order chi connectivity index (χ1) is 14.4. The number of hydrogen-bond acceptors (Lipinski definition) is 4. The zero-order valence-corrected chi connectivity index (χ0v) is 18.1. The number of carbonyl (C=O) groups excluding carboxylic acids is 2. The van der Waals surface area contributed by atoms with E-state index in [0.29, 0.717) is 16.8 Å². The Kier molecular flexibility index (Phi) is 5.26. The third kappa shape index (κ3) is 3.44. The molecule has 5 nitrogen and oxygen atoms in total. The average Bonchev–Trinajstić information content (AvgIpc) is 3.01. The summed E-state index contributed by atoms with van der Waals surface area (Å²) in [6.07, 6.45) is 3.21. The Balaban J connectivity index is 1.94. The maximum atomic E-state index is 13.1. The van der Waals surface area contributed by atoms with Crippen LogP contribution in [0, 0.1) is 13.8 Å². The number of nitrogens with zero attached hydrogens (tertiary/aromatic N) is 2. The van der Waals surface area contributed by atoms with E-state index in [1.807, 2.05) is 32.0 Å². The normalized spacial score (nSPS) is 18.1. The van der Waals surface area contributed by atoms with E-state index in [2.05, 4.69) is 20.9 Å². The summed E-state index contributed by atoms with van der Waals surface area (Å²) in [4.78, 5) is 31.7. The Morgan fingerprint density at radius 3 is 2.27 bits per heavy atom. The van der Waals surface area contributed by atoms with Crippen molar-refractivity contribution in [1.82, 2.24) is 4.98 Å². The second-order valence-electron chi connectivity index (χ2n) is 7.23. The molecule has 1 amide bonds. The maximum Gasteiger partial charge on any atom is 0.300 e. The summed E-state index contributed by atoms with van der Waals surface area (Å²) >= 11 is 3.37. The van der Waals surface area contributed by atoms with E-state index in [1.165, 1.54) is 4.90 Å². The van der Waals surface area contributed by atoms with E-state index >= 15 is 0 Å². The van der Waals surface area contributed by atoms with Gasteiger partial charge >= 0.3 is 0 Å². The third-order valence-corrected chi connectivity index (χ3v) is 5.88. The van der Waals surface area contributed by atoms with Crippen molar-refractivity contribution < 1.29 is 14.7 Å². The number of benzene rings is 2. The number of aromatic nitrogens is 1. The Morgan fingerprint density at radius 2 is 1.63 bits per heavy atom. The molecule has 1 aromatic heterocycles. The van der Waals surface area contributed by atoms with Crippen molar-refractivity contribution in [2.24, 2.45) is 0 Å². The second kappa shape index (κ2) is 7.88. The first-order valence-electron chi connectivity index (χ1n) is 9.42. The summed E-state index contributed by atoms with van der Waals surface area (Å²) in [5, 5.41) is 11.0. The van der Waals surface area contributed by atoms with Gasteiger partial charge in [0.05, 0.1) is 11.6 Å².